The van der Waals surface area contributed by atoms with Crippen molar-refractivity contribution in [2.24, 2.45) is 10.4 Å². The van der Waals surface area contributed by atoms with Gasteiger partial charge in [-0.25, -0.2) is 0 Å². The second kappa shape index (κ2) is 10.7. The summed E-state index contributed by atoms with van der Waals surface area (Å²) in [6.45, 7) is 3.50. The van der Waals surface area contributed by atoms with E-state index in [0.29, 0.717) is 6.54 Å². The van der Waals surface area contributed by atoms with Crippen molar-refractivity contribution in [1.82, 2.24) is 20.5 Å². The lowest BCUT2D eigenvalue weighted by atomic mass is 9.84. The maximum absolute atomic E-state index is 12.6. The van der Waals surface area contributed by atoms with Crippen LogP contribution in [0.25, 0.3) is 0 Å². The van der Waals surface area contributed by atoms with E-state index in [1.165, 1.54) is 11.1 Å². The molecular formula is C19H32IN5O. The number of nitrogens with one attached hydrogen (secondary N) is 2. The van der Waals surface area contributed by atoms with Gasteiger partial charge in [-0.2, -0.15) is 0 Å². The van der Waals surface area contributed by atoms with Crippen molar-refractivity contribution in [3.8, 4) is 0 Å². The largest absolute Gasteiger partial charge is 0.356 e. The van der Waals surface area contributed by atoms with Crippen molar-refractivity contribution in [2.45, 2.75) is 39.0 Å². The Kier molecular flexibility index (Phi) is 9.32. The van der Waals surface area contributed by atoms with Crippen molar-refractivity contribution in [3.05, 3.63) is 29.6 Å². The Bertz CT molecular complexity index is 612. The summed E-state index contributed by atoms with van der Waals surface area (Å²) in [5.74, 6) is 0.977. The van der Waals surface area contributed by atoms with Crippen LogP contribution in [-0.2, 0) is 11.2 Å². The van der Waals surface area contributed by atoms with Crippen molar-refractivity contribution < 1.29 is 4.79 Å². The van der Waals surface area contributed by atoms with E-state index in [1.54, 1.807) is 11.9 Å². The Morgan fingerprint density at radius 2 is 2.00 bits per heavy atom. The normalized spacial score (nSPS) is 15.9. The molecule has 2 N–H and O–H groups in total. The standard InChI is InChI=1S/C19H31N5O.HI/c1-15-13-21-11-7-16(15)8-12-22-18(20-2)23-14-19(9-5-6-10-19)17(25)24(3)4;/h7,11,13H,5-6,8-10,12,14H2,1-4H3,(H2,20,22,23);1H. The lowest BCUT2D eigenvalue weighted by Crippen LogP contribution is -2.49. The molecule has 0 radical (unpaired) electrons. The van der Waals surface area contributed by atoms with E-state index in [2.05, 4.69) is 33.6 Å². The molecule has 1 aromatic heterocycles. The number of hydrogen-bond donors (Lipinski definition) is 2. The second-order valence-corrected chi connectivity index (χ2v) is 7.09. The van der Waals surface area contributed by atoms with Crippen LogP contribution in [0.2, 0.25) is 0 Å². The highest BCUT2D eigenvalue weighted by molar-refractivity contribution is 14.0. The number of nitrogens with zero attached hydrogens (tertiary/aromatic N) is 3. The predicted molar refractivity (Wildman–Crippen MR) is 117 cm³/mol. The van der Waals surface area contributed by atoms with E-state index >= 15 is 0 Å². The number of aliphatic imine (C=N–C) groups is 1. The molecule has 1 fully saturated rings. The van der Waals surface area contributed by atoms with Crippen LogP contribution >= 0.6 is 24.0 Å². The molecule has 0 saturated heterocycles. The lowest BCUT2D eigenvalue weighted by Gasteiger charge is -2.31. The van der Waals surface area contributed by atoms with Gasteiger partial charge < -0.3 is 15.5 Å². The van der Waals surface area contributed by atoms with Gasteiger partial charge in [0.1, 0.15) is 0 Å². The summed E-state index contributed by atoms with van der Waals surface area (Å²) < 4.78 is 0. The molecule has 1 aliphatic rings. The van der Waals surface area contributed by atoms with Gasteiger partial charge in [-0.3, -0.25) is 14.8 Å². The number of rotatable bonds is 6. The van der Waals surface area contributed by atoms with E-state index < -0.39 is 0 Å². The van der Waals surface area contributed by atoms with Gasteiger partial charge in [0.05, 0.1) is 5.41 Å². The smallest absolute Gasteiger partial charge is 0.230 e. The molecule has 0 atom stereocenters. The number of amides is 1. The molecule has 7 heteroatoms. The van der Waals surface area contributed by atoms with Gasteiger partial charge in [-0.15, -0.1) is 24.0 Å². The number of halogens is 1. The molecule has 2 rings (SSSR count). The highest BCUT2D eigenvalue weighted by Gasteiger charge is 2.42. The molecule has 6 nitrogen and oxygen atoms in total. The molecule has 146 valence electrons. The molecule has 1 aromatic rings. The second-order valence-electron chi connectivity index (χ2n) is 7.09. The van der Waals surface area contributed by atoms with E-state index in [1.807, 2.05) is 26.5 Å². The van der Waals surface area contributed by atoms with Crippen molar-refractivity contribution >= 4 is 35.8 Å². The Labute approximate surface area is 174 Å². The molecule has 0 spiro atoms. The first-order valence-electron chi connectivity index (χ1n) is 9.04. The van der Waals surface area contributed by atoms with Crippen molar-refractivity contribution in [2.75, 3.05) is 34.2 Å². The number of hydrogen-bond acceptors (Lipinski definition) is 3. The van der Waals surface area contributed by atoms with E-state index in [4.69, 9.17) is 0 Å². The summed E-state index contributed by atoms with van der Waals surface area (Å²) in [4.78, 5) is 22.8. The molecule has 26 heavy (non-hydrogen) atoms. The molecule has 0 aliphatic heterocycles. The molecule has 1 heterocycles. The first kappa shape index (κ1) is 22.7. The van der Waals surface area contributed by atoms with Gasteiger partial charge in [0.25, 0.3) is 0 Å². The minimum atomic E-state index is -0.289. The first-order valence-corrected chi connectivity index (χ1v) is 9.04. The number of carbonyl (C=O) groups excluding carboxylic acids is 1. The van der Waals surface area contributed by atoms with Gasteiger partial charge in [0.15, 0.2) is 5.96 Å². The molecule has 1 saturated carbocycles. The van der Waals surface area contributed by atoms with Crippen LogP contribution in [0.1, 0.15) is 36.8 Å². The Morgan fingerprint density at radius 3 is 2.58 bits per heavy atom. The number of aromatic nitrogens is 1. The number of guanidine groups is 1. The monoisotopic (exact) mass is 473 g/mol. The zero-order valence-electron chi connectivity index (χ0n) is 16.3. The minimum Gasteiger partial charge on any atom is -0.356 e. The van der Waals surface area contributed by atoms with E-state index in [9.17, 15) is 4.79 Å². The molecule has 0 aromatic carbocycles. The highest BCUT2D eigenvalue weighted by Crippen LogP contribution is 2.38. The summed E-state index contributed by atoms with van der Waals surface area (Å²) in [5, 5.41) is 6.72. The molecule has 0 unspecified atom stereocenters. The van der Waals surface area contributed by atoms with Crippen molar-refractivity contribution in [1.29, 1.82) is 0 Å². The van der Waals surface area contributed by atoms with Crippen LogP contribution in [0.4, 0.5) is 0 Å². The van der Waals surface area contributed by atoms with Gasteiger partial charge in [0, 0.05) is 46.6 Å². The fourth-order valence-corrected chi connectivity index (χ4v) is 3.56. The van der Waals surface area contributed by atoms with Crippen LogP contribution < -0.4 is 10.6 Å². The summed E-state index contributed by atoms with van der Waals surface area (Å²) in [7, 11) is 5.45. The minimum absolute atomic E-state index is 0. The third-order valence-corrected chi connectivity index (χ3v) is 5.06. The van der Waals surface area contributed by atoms with Gasteiger partial charge in [-0.05, 0) is 43.4 Å². The van der Waals surface area contributed by atoms with Crippen LogP contribution in [0.5, 0.6) is 0 Å². The summed E-state index contributed by atoms with van der Waals surface area (Å²) in [6.07, 6.45) is 8.76. The van der Waals surface area contributed by atoms with E-state index in [0.717, 1.165) is 44.6 Å². The van der Waals surface area contributed by atoms with Crippen LogP contribution in [0.3, 0.4) is 0 Å². The molecule has 0 bridgehead atoms. The average molecular weight is 473 g/mol. The summed E-state index contributed by atoms with van der Waals surface area (Å²) >= 11 is 0. The third-order valence-electron chi connectivity index (χ3n) is 5.06. The Balaban J connectivity index is 0.00000338. The number of pyridine rings is 1. The van der Waals surface area contributed by atoms with Crippen molar-refractivity contribution in [3.63, 3.8) is 0 Å². The van der Waals surface area contributed by atoms with Gasteiger partial charge >= 0.3 is 0 Å². The first-order chi connectivity index (χ1) is 12.0. The van der Waals surface area contributed by atoms with E-state index in [-0.39, 0.29) is 35.3 Å². The van der Waals surface area contributed by atoms with Gasteiger partial charge in [-0.1, -0.05) is 12.8 Å². The Morgan fingerprint density at radius 1 is 1.31 bits per heavy atom. The fraction of sp³-hybridized carbons (Fsp3) is 0.632. The lowest BCUT2D eigenvalue weighted by molar-refractivity contribution is -0.138. The third kappa shape index (κ3) is 5.82. The predicted octanol–water partition coefficient (Wildman–Crippen LogP) is 2.36. The quantitative estimate of drug-likeness (QED) is 0.378. The fourth-order valence-electron chi connectivity index (χ4n) is 3.56. The topological polar surface area (TPSA) is 69.6 Å². The number of aryl methyl sites for hydroxylation is 1. The molecule has 1 aliphatic carbocycles. The maximum atomic E-state index is 12.6. The van der Waals surface area contributed by atoms with Crippen LogP contribution in [0, 0.1) is 12.3 Å². The zero-order chi connectivity index (χ0) is 18.3. The maximum Gasteiger partial charge on any atom is 0.230 e. The van der Waals surface area contributed by atoms with Crippen LogP contribution in [0.15, 0.2) is 23.5 Å². The van der Waals surface area contributed by atoms with Gasteiger partial charge in [0.2, 0.25) is 5.91 Å². The number of carbonyl (C=O) groups is 1. The molecule has 1 amide bonds. The molecular weight excluding hydrogens is 441 g/mol. The summed E-state index contributed by atoms with van der Waals surface area (Å²) in [5.41, 5.74) is 2.20. The van der Waals surface area contributed by atoms with Crippen LogP contribution in [-0.4, -0.2) is 56.0 Å². The Hall–Kier alpha value is -1.38. The average Bonchev–Trinajstić information content (AvgIpc) is 3.08. The summed E-state index contributed by atoms with van der Waals surface area (Å²) in [6, 6.07) is 2.05. The SMILES string of the molecule is CN=C(NCCc1ccncc1C)NCC1(C(=O)N(C)C)CCCC1.I. The highest BCUT2D eigenvalue weighted by atomic mass is 127. The zero-order valence-corrected chi connectivity index (χ0v) is 18.7.